The molecule has 0 spiro atoms. The zero-order valence-corrected chi connectivity index (χ0v) is 33.3. The molecule has 0 amide bonds. The molecule has 3 heterocycles. The minimum Gasteiger partial charge on any atom is -0.509 e. The van der Waals surface area contributed by atoms with E-state index in [1.807, 2.05) is 12.3 Å². The van der Waals surface area contributed by atoms with Crippen molar-refractivity contribution in [2.75, 3.05) is 0 Å². The Kier molecular flexibility index (Phi) is 10.6. The third-order valence-corrected chi connectivity index (χ3v) is 10.0. The zero-order chi connectivity index (χ0) is 36.0. The van der Waals surface area contributed by atoms with Crippen molar-refractivity contribution in [3.63, 3.8) is 0 Å². The Morgan fingerprint density at radius 2 is 1.50 bits per heavy atom. The molecule has 0 atom stereocenters. The Hall–Kier alpha value is -4.50. The molecule has 7 aromatic rings. The minimum atomic E-state index is -0.166. The molecule has 0 aliphatic heterocycles. The minimum absolute atomic E-state index is 0. The molecule has 0 radical (unpaired) electrons. The molecule has 52 heavy (non-hydrogen) atoms. The largest absolute Gasteiger partial charge is 2.00 e. The van der Waals surface area contributed by atoms with Crippen LogP contribution in [-0.4, -0.2) is 19.3 Å². The van der Waals surface area contributed by atoms with Crippen LogP contribution in [-0.2, 0) is 45.1 Å². The van der Waals surface area contributed by atoms with Gasteiger partial charge in [0.2, 0.25) is 0 Å². The van der Waals surface area contributed by atoms with E-state index in [-0.39, 0.29) is 31.8 Å². The Bertz CT molecular complexity index is 2370. The van der Waals surface area contributed by atoms with E-state index >= 15 is 0 Å². The molecule has 4 aromatic carbocycles. The van der Waals surface area contributed by atoms with Crippen LogP contribution < -0.4 is 4.74 Å². The predicted octanol–water partition coefficient (Wildman–Crippen LogP) is 11.8. The zero-order valence-electron chi connectivity index (χ0n) is 31.8. The first kappa shape index (κ1) is 37.3. The molecule has 0 N–H and O–H groups in total. The van der Waals surface area contributed by atoms with E-state index in [0.717, 1.165) is 69.5 Å². The molecule has 0 bridgehead atoms. The molecule has 3 aromatic heterocycles. The second-order valence-electron chi connectivity index (χ2n) is 14.9. The number of aromatic nitrogens is 4. The molecule has 0 saturated carbocycles. The summed E-state index contributed by atoms with van der Waals surface area (Å²) in [5.41, 5.74) is 12.6. The van der Waals surface area contributed by atoms with Crippen molar-refractivity contribution < 1.29 is 25.2 Å². The summed E-state index contributed by atoms with van der Waals surface area (Å²) < 4.78 is 11.0. The first-order valence-electron chi connectivity index (χ1n) is 18.4. The Morgan fingerprint density at radius 1 is 0.769 bits per heavy atom. The molecular formula is C46H48N4OPd. The number of aryl methyl sites for hydroxylation is 3. The normalized spacial score (nSPS) is 11.8. The predicted molar refractivity (Wildman–Crippen MR) is 211 cm³/mol. The Labute approximate surface area is 322 Å². The van der Waals surface area contributed by atoms with Crippen molar-refractivity contribution in [3.8, 4) is 34.1 Å². The fraction of sp³-hybridized carbons (Fsp3) is 0.304. The average molecular weight is 779 g/mol. The summed E-state index contributed by atoms with van der Waals surface area (Å²) in [7, 11) is 0. The van der Waals surface area contributed by atoms with E-state index in [9.17, 15) is 0 Å². The molecule has 0 aliphatic carbocycles. The quantitative estimate of drug-likeness (QED) is 0.108. The Morgan fingerprint density at radius 3 is 2.17 bits per heavy atom. The van der Waals surface area contributed by atoms with Crippen molar-refractivity contribution in [3.05, 3.63) is 131 Å². The molecule has 0 saturated heterocycles. The monoisotopic (exact) mass is 778 g/mol. The first-order chi connectivity index (χ1) is 24.5. The summed E-state index contributed by atoms with van der Waals surface area (Å²) in [6, 6.07) is 35.1. The average Bonchev–Trinajstić information content (AvgIpc) is 3.65. The molecule has 6 heteroatoms. The Balaban J connectivity index is 0.00000464. The van der Waals surface area contributed by atoms with Gasteiger partial charge in [0, 0.05) is 39.9 Å². The fourth-order valence-corrected chi connectivity index (χ4v) is 7.27. The number of hydrogen-bond donors (Lipinski definition) is 0. The summed E-state index contributed by atoms with van der Waals surface area (Å²) in [5, 5.41) is 7.63. The number of pyridine rings is 1. The molecule has 5 nitrogen and oxygen atoms in total. The van der Waals surface area contributed by atoms with E-state index in [1.54, 1.807) is 0 Å². The van der Waals surface area contributed by atoms with Crippen molar-refractivity contribution in [2.45, 2.75) is 92.9 Å². The van der Waals surface area contributed by atoms with Crippen molar-refractivity contribution in [2.24, 2.45) is 0 Å². The van der Waals surface area contributed by atoms with Gasteiger partial charge < -0.3 is 9.30 Å². The summed E-state index contributed by atoms with van der Waals surface area (Å²) in [6.07, 6.45) is 4.75. The fourth-order valence-electron chi connectivity index (χ4n) is 7.27. The first-order valence-corrected chi connectivity index (χ1v) is 18.4. The molecule has 268 valence electrons. The van der Waals surface area contributed by atoms with Gasteiger partial charge in [-0.15, -0.1) is 41.3 Å². The number of nitrogens with zero attached hydrogens (tertiary/aromatic N) is 4. The number of hydrogen-bond acceptors (Lipinski definition) is 3. The van der Waals surface area contributed by atoms with Gasteiger partial charge in [-0.2, -0.15) is 11.2 Å². The van der Waals surface area contributed by atoms with E-state index in [0.29, 0.717) is 11.5 Å². The van der Waals surface area contributed by atoms with Gasteiger partial charge in [0.1, 0.15) is 5.82 Å². The number of fused-ring (bicyclic) bond motifs is 3. The van der Waals surface area contributed by atoms with Crippen LogP contribution in [0, 0.1) is 19.1 Å². The van der Waals surface area contributed by atoms with Gasteiger partial charge in [-0.25, -0.2) is 4.98 Å². The molecule has 0 fully saturated rings. The maximum absolute atomic E-state index is 6.69. The SMILES string of the molecule is CCc1ccnc(-n2c3[c-]c(Oc4[c-]c(-n5nc(C(C)(C)C)c(-c6c(CC)cccc6CC)c5C)cc(C(C)C)c4)ccc3c3ccccc32)c1.[Pd+2]. The van der Waals surface area contributed by atoms with Crippen LogP contribution in [0.3, 0.4) is 0 Å². The molecule has 7 rings (SSSR count). The summed E-state index contributed by atoms with van der Waals surface area (Å²) in [6.45, 7) is 20.0. The van der Waals surface area contributed by atoms with Crippen LogP contribution >= 0.6 is 0 Å². The number of para-hydroxylation sites is 1. The topological polar surface area (TPSA) is 44.9 Å². The molecular weight excluding hydrogens is 731 g/mol. The second kappa shape index (κ2) is 14.9. The van der Waals surface area contributed by atoms with Crippen molar-refractivity contribution in [1.82, 2.24) is 19.3 Å². The van der Waals surface area contributed by atoms with Gasteiger partial charge >= 0.3 is 20.4 Å². The van der Waals surface area contributed by atoms with Crippen LogP contribution in [0.5, 0.6) is 11.5 Å². The van der Waals surface area contributed by atoms with Gasteiger partial charge in [-0.1, -0.05) is 97.3 Å². The van der Waals surface area contributed by atoms with Crippen LogP contribution in [0.4, 0.5) is 0 Å². The second-order valence-corrected chi connectivity index (χ2v) is 14.9. The van der Waals surface area contributed by atoms with E-state index in [1.165, 1.54) is 27.8 Å². The van der Waals surface area contributed by atoms with Crippen molar-refractivity contribution in [1.29, 1.82) is 0 Å². The van der Waals surface area contributed by atoms with Gasteiger partial charge in [0.05, 0.1) is 5.69 Å². The van der Waals surface area contributed by atoms with Crippen LogP contribution in [0.1, 0.15) is 94.9 Å². The smallest absolute Gasteiger partial charge is 0.509 e. The van der Waals surface area contributed by atoms with E-state index in [4.69, 9.17) is 14.8 Å². The maximum Gasteiger partial charge on any atom is 2.00 e. The van der Waals surface area contributed by atoms with Gasteiger partial charge in [-0.3, -0.25) is 4.68 Å². The van der Waals surface area contributed by atoms with Gasteiger partial charge in [-0.05, 0) is 83.6 Å². The maximum atomic E-state index is 6.69. The van der Waals surface area contributed by atoms with E-state index < -0.39 is 0 Å². The summed E-state index contributed by atoms with van der Waals surface area (Å²) in [4.78, 5) is 4.78. The number of ether oxygens (including phenoxy) is 1. The van der Waals surface area contributed by atoms with Gasteiger partial charge in [0.15, 0.2) is 0 Å². The summed E-state index contributed by atoms with van der Waals surface area (Å²) in [5.74, 6) is 2.41. The number of benzene rings is 4. The third kappa shape index (κ3) is 6.75. The van der Waals surface area contributed by atoms with E-state index in [2.05, 4.69) is 156 Å². The number of rotatable bonds is 9. The van der Waals surface area contributed by atoms with Crippen LogP contribution in [0.2, 0.25) is 0 Å². The third-order valence-electron chi connectivity index (χ3n) is 10.0. The molecule has 0 unspecified atom stereocenters. The van der Waals surface area contributed by atoms with Crippen LogP contribution in [0.15, 0.2) is 85.1 Å². The standard InChI is InChI=1S/C46H48N4O.Pd/c1-10-31-22-23-47-42(24-31)49-40-19-14-13-18-38(40)39-21-20-36(28-41(39)49)51-37-26-34(29(4)5)25-35(27-37)50-30(6)43(45(48-50)46(7,8)9)44-32(11-2)16-15-17-33(44)12-3;/h13-26,29H,10-12H2,1-9H3;/q-2;+2. The summed E-state index contributed by atoms with van der Waals surface area (Å²) >= 11 is 0. The van der Waals surface area contributed by atoms with Crippen LogP contribution in [0.25, 0.3) is 44.4 Å². The molecule has 0 aliphatic rings. The van der Waals surface area contributed by atoms with Crippen molar-refractivity contribution >= 4 is 21.8 Å². The van der Waals surface area contributed by atoms with Gasteiger partial charge in [0.25, 0.3) is 0 Å².